The summed E-state index contributed by atoms with van der Waals surface area (Å²) in [7, 11) is -4.44. The first-order valence-electron chi connectivity index (χ1n) is 7.11. The van der Waals surface area contributed by atoms with E-state index in [1.54, 1.807) is 12.1 Å². The molecular formula is C16H12F2N2O4S. The smallest absolute Gasteiger partial charge is 0.307 e. The van der Waals surface area contributed by atoms with Gasteiger partial charge in [-0.1, -0.05) is 0 Å². The monoisotopic (exact) mass is 366 g/mol. The highest BCUT2D eigenvalue weighted by Gasteiger charge is 2.28. The second kappa shape index (κ2) is 5.92. The lowest BCUT2D eigenvalue weighted by molar-refractivity contribution is -0.136. The Morgan fingerprint density at radius 2 is 2.00 bits per heavy atom. The first kappa shape index (κ1) is 17.0. The van der Waals surface area contributed by atoms with Crippen molar-refractivity contribution in [1.29, 1.82) is 0 Å². The number of benzene rings is 1. The van der Waals surface area contributed by atoms with E-state index in [9.17, 15) is 22.0 Å². The van der Waals surface area contributed by atoms with Crippen molar-refractivity contribution in [2.24, 2.45) is 0 Å². The SMILES string of the molecule is Cc1c(CC(=O)O)c2cccnc2n1S(=O)(=O)c1ccc(F)cc1F. The van der Waals surface area contributed by atoms with Crippen LogP contribution in [0.5, 0.6) is 0 Å². The molecule has 0 spiro atoms. The number of carboxylic acid groups (broad SMARTS) is 1. The molecule has 0 aliphatic rings. The number of carboxylic acids is 1. The van der Waals surface area contributed by atoms with E-state index in [0.717, 1.165) is 16.1 Å². The van der Waals surface area contributed by atoms with Crippen LogP contribution in [0.1, 0.15) is 11.3 Å². The van der Waals surface area contributed by atoms with Gasteiger partial charge < -0.3 is 5.11 Å². The topological polar surface area (TPSA) is 89.3 Å². The summed E-state index contributed by atoms with van der Waals surface area (Å²) in [5.41, 5.74) is 0.362. The molecule has 3 rings (SSSR count). The number of carbonyl (C=O) groups is 1. The van der Waals surface area contributed by atoms with Crippen LogP contribution in [0, 0.1) is 18.6 Å². The van der Waals surface area contributed by atoms with Crippen molar-refractivity contribution in [1.82, 2.24) is 8.96 Å². The van der Waals surface area contributed by atoms with Gasteiger partial charge in [0.2, 0.25) is 0 Å². The van der Waals surface area contributed by atoms with E-state index in [4.69, 9.17) is 5.11 Å². The molecule has 0 aliphatic heterocycles. The quantitative estimate of drug-likeness (QED) is 0.766. The van der Waals surface area contributed by atoms with Crippen LogP contribution in [-0.2, 0) is 21.2 Å². The molecule has 6 nitrogen and oxygen atoms in total. The van der Waals surface area contributed by atoms with Crippen LogP contribution in [0.4, 0.5) is 8.78 Å². The Hall–Kier alpha value is -2.81. The van der Waals surface area contributed by atoms with Gasteiger partial charge in [0.25, 0.3) is 10.0 Å². The highest BCUT2D eigenvalue weighted by atomic mass is 32.2. The van der Waals surface area contributed by atoms with Crippen molar-refractivity contribution in [3.05, 3.63) is 59.4 Å². The summed E-state index contributed by atoms with van der Waals surface area (Å²) in [4.78, 5) is 14.4. The lowest BCUT2D eigenvalue weighted by Crippen LogP contribution is -2.17. The molecule has 0 atom stereocenters. The maximum Gasteiger partial charge on any atom is 0.307 e. The Balaban J connectivity index is 2.35. The van der Waals surface area contributed by atoms with Gasteiger partial charge in [-0.15, -0.1) is 0 Å². The molecule has 2 aromatic heterocycles. The van der Waals surface area contributed by atoms with Crippen molar-refractivity contribution in [3.63, 3.8) is 0 Å². The van der Waals surface area contributed by atoms with Gasteiger partial charge in [-0.05, 0) is 36.8 Å². The lowest BCUT2D eigenvalue weighted by atomic mass is 10.1. The van der Waals surface area contributed by atoms with Crippen LogP contribution in [-0.4, -0.2) is 28.5 Å². The van der Waals surface area contributed by atoms with Crippen molar-refractivity contribution in [2.75, 3.05) is 0 Å². The molecule has 0 unspecified atom stereocenters. The minimum absolute atomic E-state index is 0.0139. The van der Waals surface area contributed by atoms with Gasteiger partial charge in [0.1, 0.15) is 16.5 Å². The fourth-order valence-electron chi connectivity index (χ4n) is 2.72. The molecule has 0 radical (unpaired) electrons. The Kier molecular flexibility index (Phi) is 4.03. The molecule has 0 saturated carbocycles. The van der Waals surface area contributed by atoms with Gasteiger partial charge in [0, 0.05) is 23.3 Å². The summed E-state index contributed by atoms with van der Waals surface area (Å²) in [6.45, 7) is 1.42. The van der Waals surface area contributed by atoms with E-state index >= 15 is 0 Å². The number of aliphatic carboxylic acids is 1. The molecule has 0 fully saturated rings. The average Bonchev–Trinajstić information content (AvgIpc) is 2.79. The van der Waals surface area contributed by atoms with E-state index in [1.165, 1.54) is 13.1 Å². The fraction of sp³-hybridized carbons (Fsp3) is 0.125. The van der Waals surface area contributed by atoms with Gasteiger partial charge in [-0.25, -0.2) is 26.2 Å². The molecule has 0 saturated heterocycles. The summed E-state index contributed by atoms with van der Waals surface area (Å²) in [5.74, 6) is -3.29. The zero-order chi connectivity index (χ0) is 18.4. The third-order valence-corrected chi connectivity index (χ3v) is 5.60. The maximum absolute atomic E-state index is 14.0. The Bertz CT molecular complexity index is 1110. The molecule has 9 heteroatoms. The van der Waals surface area contributed by atoms with Crippen LogP contribution < -0.4 is 0 Å². The standard InChI is InChI=1S/C16H12F2N2O4S/c1-9-12(8-15(21)22)11-3-2-6-19-16(11)20(9)25(23,24)14-5-4-10(17)7-13(14)18/h2-7H,8H2,1H3,(H,21,22). The molecule has 2 heterocycles. The number of halogens is 2. The molecule has 0 amide bonds. The number of pyridine rings is 1. The first-order chi connectivity index (χ1) is 11.7. The average molecular weight is 366 g/mol. The van der Waals surface area contributed by atoms with Crippen molar-refractivity contribution in [2.45, 2.75) is 18.2 Å². The van der Waals surface area contributed by atoms with E-state index in [1.807, 2.05) is 0 Å². The first-order valence-corrected chi connectivity index (χ1v) is 8.55. The Labute approximate surface area is 141 Å². The normalized spacial score (nSPS) is 11.8. The number of aromatic nitrogens is 2. The number of hydrogen-bond donors (Lipinski definition) is 1. The van der Waals surface area contributed by atoms with E-state index < -0.39 is 38.9 Å². The van der Waals surface area contributed by atoms with Crippen LogP contribution >= 0.6 is 0 Å². The maximum atomic E-state index is 14.0. The number of rotatable bonds is 4. The summed E-state index contributed by atoms with van der Waals surface area (Å²) in [6, 6.07) is 5.22. The van der Waals surface area contributed by atoms with Crippen LogP contribution in [0.25, 0.3) is 11.0 Å². The van der Waals surface area contributed by atoms with Gasteiger partial charge in [-0.2, -0.15) is 0 Å². The van der Waals surface area contributed by atoms with Crippen LogP contribution in [0.2, 0.25) is 0 Å². The third-order valence-electron chi connectivity index (χ3n) is 3.79. The molecule has 1 N–H and O–H groups in total. The zero-order valence-corrected chi connectivity index (χ0v) is 13.7. The molecule has 1 aromatic carbocycles. The van der Waals surface area contributed by atoms with Crippen molar-refractivity contribution >= 4 is 27.0 Å². The second-order valence-electron chi connectivity index (χ2n) is 5.35. The molecule has 25 heavy (non-hydrogen) atoms. The molecule has 0 aliphatic carbocycles. The third kappa shape index (κ3) is 2.76. The predicted molar refractivity (Wildman–Crippen MR) is 84.8 cm³/mol. The molecule has 3 aromatic rings. The van der Waals surface area contributed by atoms with Gasteiger partial charge >= 0.3 is 5.97 Å². The minimum atomic E-state index is -4.44. The number of fused-ring (bicyclic) bond motifs is 1. The van der Waals surface area contributed by atoms with E-state index in [0.29, 0.717) is 11.5 Å². The molecular weight excluding hydrogens is 354 g/mol. The van der Waals surface area contributed by atoms with Crippen LogP contribution in [0.3, 0.4) is 0 Å². The second-order valence-corrected chi connectivity index (χ2v) is 7.11. The number of hydrogen-bond acceptors (Lipinski definition) is 4. The van der Waals surface area contributed by atoms with E-state index in [-0.39, 0.29) is 16.9 Å². The largest absolute Gasteiger partial charge is 0.481 e. The minimum Gasteiger partial charge on any atom is -0.481 e. The highest BCUT2D eigenvalue weighted by Crippen LogP contribution is 2.30. The summed E-state index contributed by atoms with van der Waals surface area (Å²) in [6.07, 6.45) is 0.932. The Morgan fingerprint density at radius 3 is 2.64 bits per heavy atom. The zero-order valence-electron chi connectivity index (χ0n) is 12.9. The molecule has 130 valence electrons. The van der Waals surface area contributed by atoms with Crippen molar-refractivity contribution in [3.8, 4) is 0 Å². The van der Waals surface area contributed by atoms with Gasteiger partial charge in [0.15, 0.2) is 5.65 Å². The van der Waals surface area contributed by atoms with Gasteiger partial charge in [-0.3, -0.25) is 4.79 Å². The molecule has 0 bridgehead atoms. The Morgan fingerprint density at radius 1 is 1.28 bits per heavy atom. The van der Waals surface area contributed by atoms with Crippen LogP contribution in [0.15, 0.2) is 41.4 Å². The fourth-order valence-corrected chi connectivity index (χ4v) is 4.31. The van der Waals surface area contributed by atoms with Gasteiger partial charge in [0.05, 0.1) is 6.42 Å². The van der Waals surface area contributed by atoms with E-state index in [2.05, 4.69) is 4.98 Å². The summed E-state index contributed by atoms with van der Waals surface area (Å²) in [5, 5.41) is 9.41. The number of nitrogens with zero attached hydrogens (tertiary/aromatic N) is 2. The summed E-state index contributed by atoms with van der Waals surface area (Å²) < 4.78 is 53.7. The van der Waals surface area contributed by atoms with Crippen molar-refractivity contribution < 1.29 is 27.1 Å². The summed E-state index contributed by atoms with van der Waals surface area (Å²) >= 11 is 0. The highest BCUT2D eigenvalue weighted by molar-refractivity contribution is 7.90. The lowest BCUT2D eigenvalue weighted by Gasteiger charge is -2.10. The predicted octanol–water partition coefficient (Wildman–Crippen LogP) is 2.49.